The van der Waals surface area contributed by atoms with Gasteiger partial charge in [0.2, 0.25) is 0 Å². The van der Waals surface area contributed by atoms with Crippen LogP contribution in [0.25, 0.3) is 0 Å². The molecule has 1 heterocycles. The van der Waals surface area contributed by atoms with Gasteiger partial charge in [0.15, 0.2) is 0 Å². The van der Waals surface area contributed by atoms with Crippen LogP contribution in [0.2, 0.25) is 10.2 Å². The molecule has 0 fully saturated rings. The molecule has 0 unspecified atom stereocenters. The summed E-state index contributed by atoms with van der Waals surface area (Å²) in [7, 11) is 1.87. The quantitative estimate of drug-likeness (QED) is 0.915. The van der Waals surface area contributed by atoms with Crippen LogP contribution in [0.1, 0.15) is 5.82 Å². The van der Waals surface area contributed by atoms with Crippen molar-refractivity contribution in [3.8, 4) is 0 Å². The molecule has 3 nitrogen and oxygen atoms in total. The maximum Gasteiger partial charge on any atom is 0.128 e. The molecule has 0 amide bonds. The number of anilines is 1. The fourth-order valence-electron chi connectivity index (χ4n) is 1.40. The molecule has 2 rings (SSSR count). The second-order valence-electron chi connectivity index (χ2n) is 3.53. The van der Waals surface area contributed by atoms with E-state index >= 15 is 0 Å². The molecule has 0 aliphatic carbocycles. The number of imidazole rings is 1. The number of benzene rings is 1. The molecule has 1 N–H and O–H groups in total. The second-order valence-corrected chi connectivity index (χ2v) is 5.24. The molecule has 0 saturated heterocycles. The summed E-state index contributed by atoms with van der Waals surface area (Å²) in [6.45, 7) is 0.574. The molecule has 0 bridgehead atoms. The van der Waals surface area contributed by atoms with E-state index in [-0.39, 0.29) is 0 Å². The van der Waals surface area contributed by atoms with Crippen LogP contribution in [0.15, 0.2) is 28.9 Å². The molecule has 1 aromatic carbocycles. The van der Waals surface area contributed by atoms with Crippen LogP contribution in [-0.2, 0) is 13.6 Å². The summed E-state index contributed by atoms with van der Waals surface area (Å²) in [6.07, 6.45) is 1.63. The number of aromatic nitrogens is 2. The van der Waals surface area contributed by atoms with Crippen molar-refractivity contribution < 1.29 is 0 Å². The van der Waals surface area contributed by atoms with Gasteiger partial charge < -0.3 is 9.88 Å². The highest BCUT2D eigenvalue weighted by molar-refractivity contribution is 9.10. The monoisotopic (exact) mass is 333 g/mol. The van der Waals surface area contributed by atoms with Crippen molar-refractivity contribution in [2.24, 2.45) is 7.05 Å². The Hall–Kier alpha value is -0.710. The van der Waals surface area contributed by atoms with Gasteiger partial charge in [-0.25, -0.2) is 4.98 Å². The predicted octanol–water partition coefficient (Wildman–Crippen LogP) is 4.10. The predicted molar refractivity (Wildman–Crippen MR) is 74.7 cm³/mol. The first-order valence-electron chi connectivity index (χ1n) is 4.93. The Labute approximate surface area is 118 Å². The molecule has 2 aromatic rings. The van der Waals surface area contributed by atoms with E-state index in [1.54, 1.807) is 6.20 Å². The zero-order valence-electron chi connectivity index (χ0n) is 9.04. The topological polar surface area (TPSA) is 29.9 Å². The lowest BCUT2D eigenvalue weighted by Crippen LogP contribution is -2.06. The van der Waals surface area contributed by atoms with Crippen LogP contribution in [0, 0.1) is 0 Å². The Balaban J connectivity index is 2.10. The Morgan fingerprint density at radius 3 is 2.76 bits per heavy atom. The molecule has 1 aromatic heterocycles. The van der Waals surface area contributed by atoms with Gasteiger partial charge in [-0.05, 0) is 18.2 Å². The molecule has 0 saturated carbocycles. The van der Waals surface area contributed by atoms with Crippen LogP contribution in [0.3, 0.4) is 0 Å². The van der Waals surface area contributed by atoms with Crippen LogP contribution in [-0.4, -0.2) is 9.55 Å². The van der Waals surface area contributed by atoms with E-state index < -0.39 is 0 Å². The van der Waals surface area contributed by atoms with Gasteiger partial charge in [0, 0.05) is 11.5 Å². The highest BCUT2D eigenvalue weighted by atomic mass is 79.9. The first-order valence-corrected chi connectivity index (χ1v) is 6.48. The summed E-state index contributed by atoms with van der Waals surface area (Å²) < 4.78 is 2.77. The normalized spacial score (nSPS) is 10.6. The molecule has 0 aliphatic heterocycles. The van der Waals surface area contributed by atoms with Gasteiger partial charge in [-0.2, -0.15) is 0 Å². The summed E-state index contributed by atoms with van der Waals surface area (Å²) in [5.74, 6) is 0.856. The zero-order chi connectivity index (χ0) is 12.4. The number of rotatable bonds is 3. The molecule has 90 valence electrons. The summed E-state index contributed by atoms with van der Waals surface area (Å²) in [5, 5.41) is 4.50. The molecular formula is C11H10BrCl2N3. The molecular weight excluding hydrogens is 325 g/mol. The van der Waals surface area contributed by atoms with E-state index in [9.17, 15) is 0 Å². The summed E-state index contributed by atoms with van der Waals surface area (Å²) in [5.41, 5.74) is 0.869. The third-order valence-corrected chi connectivity index (χ3v) is 3.55. The Morgan fingerprint density at radius 1 is 1.41 bits per heavy atom. The van der Waals surface area contributed by atoms with Gasteiger partial charge in [-0.1, -0.05) is 39.1 Å². The molecule has 17 heavy (non-hydrogen) atoms. The van der Waals surface area contributed by atoms with Crippen LogP contribution < -0.4 is 5.32 Å². The lowest BCUT2D eigenvalue weighted by Gasteiger charge is -2.08. The fourth-order valence-corrected chi connectivity index (χ4v) is 2.28. The molecule has 6 heteroatoms. The summed E-state index contributed by atoms with van der Waals surface area (Å²) in [4.78, 5) is 4.19. The average Bonchev–Trinajstić information content (AvgIpc) is 2.59. The van der Waals surface area contributed by atoms with Crippen molar-refractivity contribution in [1.29, 1.82) is 0 Å². The SMILES string of the molecule is Cn1c(Cl)cnc1CNc1ccc(Br)cc1Cl. The maximum absolute atomic E-state index is 6.09. The van der Waals surface area contributed by atoms with Crippen molar-refractivity contribution in [3.63, 3.8) is 0 Å². The third kappa shape index (κ3) is 2.94. The van der Waals surface area contributed by atoms with E-state index in [4.69, 9.17) is 23.2 Å². The minimum Gasteiger partial charge on any atom is -0.377 e. The average molecular weight is 335 g/mol. The fraction of sp³-hybridized carbons (Fsp3) is 0.182. The van der Waals surface area contributed by atoms with E-state index in [1.807, 2.05) is 29.8 Å². The molecule has 0 aliphatic rings. The minimum absolute atomic E-state index is 0.574. The van der Waals surface area contributed by atoms with E-state index in [2.05, 4.69) is 26.2 Å². The largest absolute Gasteiger partial charge is 0.377 e. The first-order chi connectivity index (χ1) is 8.08. The van der Waals surface area contributed by atoms with Gasteiger partial charge >= 0.3 is 0 Å². The number of nitrogens with zero attached hydrogens (tertiary/aromatic N) is 2. The first kappa shape index (κ1) is 12.7. The number of hydrogen-bond acceptors (Lipinski definition) is 2. The van der Waals surface area contributed by atoms with E-state index in [0.29, 0.717) is 16.7 Å². The van der Waals surface area contributed by atoms with Crippen molar-refractivity contribution in [2.45, 2.75) is 6.54 Å². The number of nitrogens with one attached hydrogen (secondary N) is 1. The van der Waals surface area contributed by atoms with Gasteiger partial charge in [0.25, 0.3) is 0 Å². The Bertz CT molecular complexity index is 540. The van der Waals surface area contributed by atoms with Gasteiger partial charge in [0.05, 0.1) is 23.5 Å². The van der Waals surface area contributed by atoms with Crippen molar-refractivity contribution in [3.05, 3.63) is 44.9 Å². The van der Waals surface area contributed by atoms with E-state index in [1.165, 1.54) is 0 Å². The molecule has 0 atom stereocenters. The van der Waals surface area contributed by atoms with Gasteiger partial charge in [0.1, 0.15) is 11.0 Å². The molecule has 0 spiro atoms. The van der Waals surface area contributed by atoms with Crippen molar-refractivity contribution >= 4 is 44.8 Å². The van der Waals surface area contributed by atoms with Crippen LogP contribution >= 0.6 is 39.1 Å². The van der Waals surface area contributed by atoms with Gasteiger partial charge in [-0.3, -0.25) is 0 Å². The van der Waals surface area contributed by atoms with Crippen molar-refractivity contribution in [2.75, 3.05) is 5.32 Å². The second kappa shape index (κ2) is 5.29. The van der Waals surface area contributed by atoms with Crippen molar-refractivity contribution in [1.82, 2.24) is 9.55 Å². The standard InChI is InChI=1S/C11H10BrCl2N3/c1-17-10(14)5-16-11(17)6-15-9-3-2-7(12)4-8(9)13/h2-5,15H,6H2,1H3. The minimum atomic E-state index is 0.574. The van der Waals surface area contributed by atoms with Gasteiger partial charge in [-0.15, -0.1) is 0 Å². The maximum atomic E-state index is 6.09. The smallest absolute Gasteiger partial charge is 0.128 e. The summed E-state index contributed by atoms with van der Waals surface area (Å²) in [6, 6.07) is 5.69. The highest BCUT2D eigenvalue weighted by Gasteiger charge is 2.05. The lowest BCUT2D eigenvalue weighted by molar-refractivity contribution is 0.813. The lowest BCUT2D eigenvalue weighted by atomic mass is 10.3. The number of halogens is 3. The Morgan fingerprint density at radius 2 is 2.18 bits per heavy atom. The number of hydrogen-bond donors (Lipinski definition) is 1. The zero-order valence-corrected chi connectivity index (χ0v) is 12.1. The van der Waals surface area contributed by atoms with Crippen LogP contribution in [0.5, 0.6) is 0 Å². The van der Waals surface area contributed by atoms with E-state index in [0.717, 1.165) is 16.0 Å². The highest BCUT2D eigenvalue weighted by Crippen LogP contribution is 2.26. The van der Waals surface area contributed by atoms with Crippen LogP contribution in [0.4, 0.5) is 5.69 Å². The summed E-state index contributed by atoms with van der Waals surface area (Å²) >= 11 is 15.4. The molecule has 0 radical (unpaired) electrons. The Kier molecular flexibility index (Phi) is 3.97. The third-order valence-electron chi connectivity index (χ3n) is 2.40.